The van der Waals surface area contributed by atoms with E-state index in [1.165, 1.54) is 30.4 Å². The lowest BCUT2D eigenvalue weighted by Crippen LogP contribution is -2.34. The number of likely N-dealkylation sites (tertiary alicyclic amines) is 1. The molecule has 0 aromatic heterocycles. The number of ether oxygens (including phenoxy) is 1. The highest BCUT2D eigenvalue weighted by molar-refractivity contribution is 5.91. The maximum atomic E-state index is 12.5. The lowest BCUT2D eigenvalue weighted by molar-refractivity contribution is 0.0374. The molecule has 0 radical (unpaired) electrons. The van der Waals surface area contributed by atoms with E-state index in [9.17, 15) is 4.79 Å². The van der Waals surface area contributed by atoms with Crippen LogP contribution in [0.1, 0.15) is 66.2 Å². The molecule has 1 atom stereocenters. The van der Waals surface area contributed by atoms with E-state index in [1.807, 2.05) is 32.0 Å². The summed E-state index contributed by atoms with van der Waals surface area (Å²) in [6.07, 6.45) is 3.53. The van der Waals surface area contributed by atoms with Crippen molar-refractivity contribution in [3.8, 4) is 0 Å². The summed E-state index contributed by atoms with van der Waals surface area (Å²) in [5, 5.41) is 0. The molecule has 0 aliphatic carbocycles. The highest BCUT2D eigenvalue weighted by Crippen LogP contribution is 2.34. The topological polar surface area (TPSA) is 29.5 Å². The summed E-state index contributed by atoms with van der Waals surface area (Å²) in [5.74, 6) is -0.222. The first-order valence-electron chi connectivity index (χ1n) is 9.64. The van der Waals surface area contributed by atoms with Crippen LogP contribution in [0.25, 0.3) is 0 Å². The molecule has 2 aromatic carbocycles. The van der Waals surface area contributed by atoms with Crippen LogP contribution < -0.4 is 0 Å². The van der Waals surface area contributed by atoms with Crippen molar-refractivity contribution in [1.82, 2.24) is 4.90 Å². The van der Waals surface area contributed by atoms with Crippen LogP contribution >= 0.6 is 0 Å². The molecule has 0 saturated carbocycles. The maximum absolute atomic E-state index is 12.5. The van der Waals surface area contributed by atoms with E-state index in [2.05, 4.69) is 42.2 Å². The number of rotatable bonds is 5. The third kappa shape index (κ3) is 4.34. The zero-order chi connectivity index (χ0) is 18.5. The summed E-state index contributed by atoms with van der Waals surface area (Å²) in [6, 6.07) is 16.9. The van der Waals surface area contributed by atoms with Crippen molar-refractivity contribution in [3.63, 3.8) is 0 Å². The van der Waals surface area contributed by atoms with E-state index in [4.69, 9.17) is 4.74 Å². The molecular weight excluding hydrogens is 322 g/mol. The maximum Gasteiger partial charge on any atom is 0.338 e. The monoisotopic (exact) mass is 351 g/mol. The number of benzene rings is 2. The highest BCUT2D eigenvalue weighted by atomic mass is 16.5. The Hall–Kier alpha value is -2.13. The summed E-state index contributed by atoms with van der Waals surface area (Å²) >= 11 is 0. The van der Waals surface area contributed by atoms with Crippen LogP contribution in [0.2, 0.25) is 0 Å². The zero-order valence-electron chi connectivity index (χ0n) is 16.1. The molecular formula is C23H29NO2. The van der Waals surface area contributed by atoms with Crippen LogP contribution in [0.15, 0.2) is 48.5 Å². The van der Waals surface area contributed by atoms with Gasteiger partial charge in [0.25, 0.3) is 0 Å². The molecule has 1 aliphatic rings. The Balaban J connectivity index is 1.85. The predicted octanol–water partition coefficient (Wildman–Crippen LogP) is 5.29. The Morgan fingerprint density at radius 2 is 1.85 bits per heavy atom. The molecule has 1 fully saturated rings. The van der Waals surface area contributed by atoms with Crippen LogP contribution in [-0.2, 0) is 11.3 Å². The number of nitrogens with zero attached hydrogens (tertiary/aromatic N) is 1. The number of piperidine rings is 1. The first-order valence-corrected chi connectivity index (χ1v) is 9.64. The van der Waals surface area contributed by atoms with Crippen molar-refractivity contribution in [1.29, 1.82) is 0 Å². The average Bonchev–Trinajstić information content (AvgIpc) is 2.63. The normalized spacial score (nSPS) is 18.1. The van der Waals surface area contributed by atoms with Crippen molar-refractivity contribution in [2.75, 3.05) is 6.54 Å². The quantitative estimate of drug-likeness (QED) is 0.686. The lowest BCUT2D eigenvalue weighted by atomic mass is 9.91. The molecule has 3 heteroatoms. The standard InChI is InChI=1S/C23H29NO2/c1-17(2)26-23(25)21-13-7-5-11-19(21)16-24-15-9-8-14-22(24)20-12-6-4-10-18(20)3/h4-7,10-13,17,22H,8-9,14-16H2,1-3H3. The third-order valence-corrected chi connectivity index (χ3v) is 5.11. The van der Waals surface area contributed by atoms with E-state index >= 15 is 0 Å². The Labute approximate surface area is 157 Å². The van der Waals surface area contributed by atoms with Gasteiger partial charge in [-0.05, 0) is 62.9 Å². The van der Waals surface area contributed by atoms with Gasteiger partial charge in [0, 0.05) is 12.6 Å². The van der Waals surface area contributed by atoms with Crippen molar-refractivity contribution in [2.45, 2.75) is 58.7 Å². The number of carbonyl (C=O) groups excluding carboxylic acids is 1. The summed E-state index contributed by atoms with van der Waals surface area (Å²) in [7, 11) is 0. The molecule has 1 aliphatic heterocycles. The number of hydrogen-bond acceptors (Lipinski definition) is 3. The molecule has 0 bridgehead atoms. The molecule has 0 N–H and O–H groups in total. The zero-order valence-corrected chi connectivity index (χ0v) is 16.1. The summed E-state index contributed by atoms with van der Waals surface area (Å²) < 4.78 is 5.44. The van der Waals surface area contributed by atoms with E-state index in [0.29, 0.717) is 11.6 Å². The smallest absolute Gasteiger partial charge is 0.338 e. The minimum Gasteiger partial charge on any atom is -0.459 e. The van der Waals surface area contributed by atoms with Crippen molar-refractivity contribution in [3.05, 3.63) is 70.8 Å². The minimum atomic E-state index is -0.222. The third-order valence-electron chi connectivity index (χ3n) is 5.11. The summed E-state index contributed by atoms with van der Waals surface area (Å²) in [6.45, 7) is 7.81. The van der Waals surface area contributed by atoms with Crippen molar-refractivity contribution in [2.24, 2.45) is 0 Å². The van der Waals surface area contributed by atoms with E-state index in [-0.39, 0.29) is 12.1 Å². The predicted molar refractivity (Wildman–Crippen MR) is 105 cm³/mol. The van der Waals surface area contributed by atoms with Gasteiger partial charge in [0.1, 0.15) is 0 Å². The fourth-order valence-electron chi connectivity index (χ4n) is 3.85. The molecule has 1 heterocycles. The number of carbonyl (C=O) groups is 1. The summed E-state index contributed by atoms with van der Waals surface area (Å²) in [5.41, 5.74) is 4.50. The van der Waals surface area contributed by atoms with Gasteiger partial charge in [-0.1, -0.05) is 48.9 Å². The van der Waals surface area contributed by atoms with Gasteiger partial charge in [0.15, 0.2) is 0 Å². The van der Waals surface area contributed by atoms with Gasteiger partial charge in [-0.25, -0.2) is 4.79 Å². The van der Waals surface area contributed by atoms with Crippen LogP contribution in [-0.4, -0.2) is 23.5 Å². The second-order valence-electron chi connectivity index (χ2n) is 7.45. The van der Waals surface area contributed by atoms with E-state index in [1.54, 1.807) is 0 Å². The minimum absolute atomic E-state index is 0.106. The molecule has 3 nitrogen and oxygen atoms in total. The first-order chi connectivity index (χ1) is 12.6. The first kappa shape index (κ1) is 18.7. The van der Waals surface area contributed by atoms with Crippen LogP contribution in [0, 0.1) is 6.92 Å². The largest absolute Gasteiger partial charge is 0.459 e. The molecule has 1 saturated heterocycles. The van der Waals surface area contributed by atoms with E-state index in [0.717, 1.165) is 18.7 Å². The van der Waals surface area contributed by atoms with Crippen molar-refractivity contribution < 1.29 is 9.53 Å². The lowest BCUT2D eigenvalue weighted by Gasteiger charge is -2.37. The highest BCUT2D eigenvalue weighted by Gasteiger charge is 2.26. The second kappa shape index (κ2) is 8.50. The number of hydrogen-bond donors (Lipinski definition) is 0. The van der Waals surface area contributed by atoms with E-state index < -0.39 is 0 Å². The van der Waals surface area contributed by atoms with Gasteiger partial charge in [-0.15, -0.1) is 0 Å². The van der Waals surface area contributed by atoms with Gasteiger partial charge >= 0.3 is 5.97 Å². The van der Waals surface area contributed by atoms with Gasteiger partial charge in [-0.3, -0.25) is 4.90 Å². The molecule has 138 valence electrons. The molecule has 0 spiro atoms. The second-order valence-corrected chi connectivity index (χ2v) is 7.45. The molecule has 0 amide bonds. The molecule has 26 heavy (non-hydrogen) atoms. The average molecular weight is 351 g/mol. The number of aryl methyl sites for hydroxylation is 1. The Morgan fingerprint density at radius 1 is 1.12 bits per heavy atom. The van der Waals surface area contributed by atoms with Crippen LogP contribution in [0.5, 0.6) is 0 Å². The van der Waals surface area contributed by atoms with Crippen LogP contribution in [0.4, 0.5) is 0 Å². The SMILES string of the molecule is Cc1ccccc1C1CCCCN1Cc1ccccc1C(=O)OC(C)C. The van der Waals surface area contributed by atoms with Crippen molar-refractivity contribution >= 4 is 5.97 Å². The fraction of sp³-hybridized carbons (Fsp3) is 0.435. The van der Waals surface area contributed by atoms with Crippen LogP contribution in [0.3, 0.4) is 0 Å². The van der Waals surface area contributed by atoms with Gasteiger partial charge in [-0.2, -0.15) is 0 Å². The summed E-state index contributed by atoms with van der Waals surface area (Å²) in [4.78, 5) is 15.0. The van der Waals surface area contributed by atoms with Gasteiger partial charge < -0.3 is 4.74 Å². The molecule has 2 aromatic rings. The Bertz CT molecular complexity index is 753. The number of esters is 1. The van der Waals surface area contributed by atoms with Gasteiger partial charge in [0.05, 0.1) is 11.7 Å². The molecule has 3 rings (SSSR count). The fourth-order valence-corrected chi connectivity index (χ4v) is 3.85. The molecule has 1 unspecified atom stereocenters. The van der Waals surface area contributed by atoms with Gasteiger partial charge in [0.2, 0.25) is 0 Å². The Morgan fingerprint density at radius 3 is 2.62 bits per heavy atom. The Kier molecular flexibility index (Phi) is 6.10.